The van der Waals surface area contributed by atoms with Gasteiger partial charge in [-0.15, -0.1) is 6.42 Å². The number of benzene rings is 1. The van der Waals surface area contributed by atoms with Gasteiger partial charge in [-0.2, -0.15) is 0 Å². The molecular formula is C29H40N4O5. The highest BCUT2D eigenvalue weighted by Gasteiger charge is 2.44. The highest BCUT2D eigenvalue weighted by Crippen LogP contribution is 2.32. The minimum Gasteiger partial charge on any atom is -0.444 e. The van der Waals surface area contributed by atoms with Crippen molar-refractivity contribution in [3.63, 3.8) is 0 Å². The Hall–Kier alpha value is -3.54. The van der Waals surface area contributed by atoms with Gasteiger partial charge in [0, 0.05) is 13.1 Å². The van der Waals surface area contributed by atoms with Gasteiger partial charge in [0.2, 0.25) is 17.7 Å². The first-order valence-corrected chi connectivity index (χ1v) is 13.3. The van der Waals surface area contributed by atoms with E-state index in [2.05, 4.69) is 16.6 Å². The minimum absolute atomic E-state index is 0.0687. The fourth-order valence-corrected chi connectivity index (χ4v) is 4.99. The molecular weight excluding hydrogens is 484 g/mol. The van der Waals surface area contributed by atoms with E-state index in [1.165, 1.54) is 11.9 Å². The third-order valence-electron chi connectivity index (χ3n) is 7.18. The van der Waals surface area contributed by atoms with Crippen molar-refractivity contribution in [3.8, 4) is 12.3 Å². The van der Waals surface area contributed by atoms with E-state index in [9.17, 15) is 19.2 Å². The lowest BCUT2D eigenvalue weighted by molar-refractivity contribution is -0.144. The molecule has 0 unspecified atom stereocenters. The molecule has 38 heavy (non-hydrogen) atoms. The SMILES string of the molecule is C#C[C@@H](NC(=O)[C@@H]1CC[C@@H]2CCCC[C@H](NC(=O)[C@@H](C)N(C)C(=O)OC(C)(C)C)C(=O)N21)c1ccccc1. The smallest absolute Gasteiger partial charge is 0.410 e. The standard InChI is InChI=1S/C29H40N4O5/c1-7-22(20-13-9-8-10-14-20)30-26(35)24-18-17-21-15-11-12-16-23(27(36)33(21)24)31-25(34)19(2)32(6)28(37)38-29(3,4)5/h1,8-10,13-14,19,21-24H,11-12,15-18H2,2-6H3,(H,30,35)(H,31,34)/t19-,21+,22-,23+,24+/m1/s1. The molecule has 2 fully saturated rings. The number of carbonyl (C=O) groups is 4. The quantitative estimate of drug-likeness (QED) is 0.556. The number of hydrogen-bond donors (Lipinski definition) is 2. The zero-order valence-corrected chi connectivity index (χ0v) is 23.0. The van der Waals surface area contributed by atoms with Crippen LogP contribution < -0.4 is 10.6 Å². The summed E-state index contributed by atoms with van der Waals surface area (Å²) in [6, 6.07) is 6.32. The second-order valence-electron chi connectivity index (χ2n) is 11.1. The van der Waals surface area contributed by atoms with Crippen LogP contribution in [0.25, 0.3) is 0 Å². The summed E-state index contributed by atoms with van der Waals surface area (Å²) in [7, 11) is 1.49. The number of rotatable bonds is 6. The summed E-state index contributed by atoms with van der Waals surface area (Å²) in [5.74, 6) is 1.60. The number of terminal acetylenes is 1. The Balaban J connectivity index is 1.71. The van der Waals surface area contributed by atoms with Crippen molar-refractivity contribution in [3.05, 3.63) is 35.9 Å². The van der Waals surface area contributed by atoms with E-state index in [4.69, 9.17) is 11.2 Å². The third kappa shape index (κ3) is 7.06. The zero-order valence-electron chi connectivity index (χ0n) is 23.0. The summed E-state index contributed by atoms with van der Waals surface area (Å²) in [5.41, 5.74) is 0.0983. The van der Waals surface area contributed by atoms with Crippen LogP contribution in [0.3, 0.4) is 0 Å². The van der Waals surface area contributed by atoms with Gasteiger partial charge in [0.15, 0.2) is 0 Å². The van der Waals surface area contributed by atoms with Gasteiger partial charge < -0.3 is 20.3 Å². The molecule has 3 rings (SSSR count). The first-order valence-electron chi connectivity index (χ1n) is 13.3. The van der Waals surface area contributed by atoms with Gasteiger partial charge in [0.05, 0.1) is 0 Å². The highest BCUT2D eigenvalue weighted by atomic mass is 16.6. The number of hydrogen-bond acceptors (Lipinski definition) is 5. The number of fused-ring (bicyclic) bond motifs is 1. The molecule has 9 heteroatoms. The van der Waals surface area contributed by atoms with Crippen LogP contribution in [0.2, 0.25) is 0 Å². The normalized spacial score (nSPS) is 23.1. The fourth-order valence-electron chi connectivity index (χ4n) is 4.99. The molecule has 206 valence electrons. The van der Waals surface area contributed by atoms with E-state index in [0.29, 0.717) is 19.3 Å². The Bertz CT molecular complexity index is 1060. The number of nitrogens with zero attached hydrogens (tertiary/aromatic N) is 2. The molecule has 2 heterocycles. The van der Waals surface area contributed by atoms with Crippen LogP contribution in [0.15, 0.2) is 30.3 Å². The molecule has 5 atom stereocenters. The van der Waals surface area contributed by atoms with Crippen molar-refractivity contribution >= 4 is 23.8 Å². The van der Waals surface area contributed by atoms with Crippen molar-refractivity contribution in [2.24, 2.45) is 0 Å². The first kappa shape index (κ1) is 29.0. The predicted octanol–water partition coefficient (Wildman–Crippen LogP) is 3.15. The summed E-state index contributed by atoms with van der Waals surface area (Å²) in [5, 5.41) is 5.76. The van der Waals surface area contributed by atoms with Crippen LogP contribution in [0.4, 0.5) is 4.79 Å². The number of nitrogens with one attached hydrogen (secondary N) is 2. The summed E-state index contributed by atoms with van der Waals surface area (Å²) in [6.07, 6.45) is 9.28. The Kier molecular flexibility index (Phi) is 9.42. The topological polar surface area (TPSA) is 108 Å². The summed E-state index contributed by atoms with van der Waals surface area (Å²) in [4.78, 5) is 55.5. The highest BCUT2D eigenvalue weighted by molar-refractivity contribution is 5.94. The Morgan fingerprint density at radius 1 is 1.11 bits per heavy atom. The third-order valence-corrected chi connectivity index (χ3v) is 7.18. The van der Waals surface area contributed by atoms with Gasteiger partial charge in [-0.05, 0) is 58.9 Å². The maximum Gasteiger partial charge on any atom is 0.410 e. The molecule has 2 aliphatic rings. The van der Waals surface area contributed by atoms with Crippen LogP contribution in [-0.4, -0.2) is 70.4 Å². The molecule has 0 aliphatic carbocycles. The maximum atomic E-state index is 13.8. The van der Waals surface area contributed by atoms with E-state index in [0.717, 1.165) is 24.8 Å². The Labute approximate surface area is 225 Å². The lowest BCUT2D eigenvalue weighted by atomic mass is 9.98. The van der Waals surface area contributed by atoms with Crippen LogP contribution in [-0.2, 0) is 19.1 Å². The van der Waals surface area contributed by atoms with Gasteiger partial charge >= 0.3 is 6.09 Å². The first-order chi connectivity index (χ1) is 17.9. The number of carbonyl (C=O) groups excluding carboxylic acids is 4. The molecule has 9 nitrogen and oxygen atoms in total. The Morgan fingerprint density at radius 3 is 2.39 bits per heavy atom. The molecule has 0 aromatic heterocycles. The number of ether oxygens (including phenoxy) is 1. The average molecular weight is 525 g/mol. The van der Waals surface area contributed by atoms with E-state index in [1.807, 2.05) is 30.3 Å². The monoisotopic (exact) mass is 524 g/mol. The molecule has 2 saturated heterocycles. The van der Waals surface area contributed by atoms with Crippen molar-refractivity contribution in [1.29, 1.82) is 0 Å². The van der Waals surface area contributed by atoms with E-state index < -0.39 is 41.8 Å². The molecule has 1 aromatic rings. The number of likely N-dealkylation sites (N-methyl/N-ethyl adjacent to an activating group) is 1. The number of amides is 4. The van der Waals surface area contributed by atoms with Crippen molar-refractivity contribution in [1.82, 2.24) is 20.4 Å². The molecule has 0 saturated carbocycles. The summed E-state index contributed by atoms with van der Waals surface area (Å²) in [6.45, 7) is 6.84. The van der Waals surface area contributed by atoms with Crippen molar-refractivity contribution < 1.29 is 23.9 Å². The minimum atomic E-state index is -0.848. The molecule has 0 spiro atoms. The van der Waals surface area contributed by atoms with Crippen LogP contribution in [0, 0.1) is 12.3 Å². The second-order valence-corrected chi connectivity index (χ2v) is 11.1. The van der Waals surface area contributed by atoms with Gasteiger partial charge in [0.1, 0.15) is 29.8 Å². The predicted molar refractivity (Wildman–Crippen MR) is 144 cm³/mol. The van der Waals surface area contributed by atoms with Gasteiger partial charge in [-0.3, -0.25) is 19.3 Å². The fraction of sp³-hybridized carbons (Fsp3) is 0.586. The van der Waals surface area contributed by atoms with Gasteiger partial charge in [0.25, 0.3) is 0 Å². The molecule has 0 radical (unpaired) electrons. The van der Waals surface area contributed by atoms with Crippen LogP contribution in [0.1, 0.15) is 77.8 Å². The van der Waals surface area contributed by atoms with Gasteiger partial charge in [-0.25, -0.2) is 4.79 Å². The largest absolute Gasteiger partial charge is 0.444 e. The van der Waals surface area contributed by atoms with Crippen molar-refractivity contribution in [2.75, 3.05) is 7.05 Å². The lowest BCUT2D eigenvalue weighted by Crippen LogP contribution is -2.58. The molecule has 0 bridgehead atoms. The summed E-state index contributed by atoms with van der Waals surface area (Å²) < 4.78 is 5.36. The van der Waals surface area contributed by atoms with E-state index >= 15 is 0 Å². The average Bonchev–Trinajstić information content (AvgIpc) is 3.29. The Morgan fingerprint density at radius 2 is 1.76 bits per heavy atom. The summed E-state index contributed by atoms with van der Waals surface area (Å²) >= 11 is 0. The van der Waals surface area contributed by atoms with E-state index in [1.54, 1.807) is 32.6 Å². The second kappa shape index (κ2) is 12.3. The lowest BCUT2D eigenvalue weighted by Gasteiger charge is -2.36. The van der Waals surface area contributed by atoms with Crippen LogP contribution in [0.5, 0.6) is 0 Å². The maximum absolute atomic E-state index is 13.8. The van der Waals surface area contributed by atoms with Crippen LogP contribution >= 0.6 is 0 Å². The molecule has 4 amide bonds. The molecule has 1 aromatic carbocycles. The molecule has 2 N–H and O–H groups in total. The van der Waals surface area contributed by atoms with Crippen molar-refractivity contribution in [2.45, 2.75) is 102 Å². The van der Waals surface area contributed by atoms with E-state index in [-0.39, 0.29) is 17.9 Å². The van der Waals surface area contributed by atoms with Gasteiger partial charge in [-0.1, -0.05) is 49.1 Å². The molecule has 2 aliphatic heterocycles. The zero-order chi connectivity index (χ0) is 28.0.